The highest BCUT2D eigenvalue weighted by Crippen LogP contribution is 2.08. The molecule has 0 saturated carbocycles. The molecule has 0 radical (unpaired) electrons. The van der Waals surface area contributed by atoms with Crippen molar-refractivity contribution in [1.29, 1.82) is 0 Å². The summed E-state index contributed by atoms with van der Waals surface area (Å²) in [5.41, 5.74) is 0. The molecule has 1 unspecified atom stereocenters. The zero-order valence-electron chi connectivity index (χ0n) is 7.26. The number of carbonyl (C=O) groups is 1. The normalized spacial score (nSPS) is 25.8. The van der Waals surface area contributed by atoms with Gasteiger partial charge in [0.1, 0.15) is 0 Å². The van der Waals surface area contributed by atoms with E-state index in [4.69, 9.17) is 0 Å². The van der Waals surface area contributed by atoms with Crippen LogP contribution in [0.5, 0.6) is 0 Å². The Balaban J connectivity index is 2.33. The first kappa shape index (κ1) is 8.53. The molecule has 64 valence electrons. The number of amides is 1. The van der Waals surface area contributed by atoms with Crippen LogP contribution < -0.4 is 5.32 Å². The van der Waals surface area contributed by atoms with Gasteiger partial charge in [-0.15, -0.1) is 0 Å². The van der Waals surface area contributed by atoms with Gasteiger partial charge in [0.15, 0.2) is 0 Å². The van der Waals surface area contributed by atoms with Gasteiger partial charge in [-0.2, -0.15) is 0 Å². The van der Waals surface area contributed by atoms with Gasteiger partial charge in [-0.05, 0) is 13.0 Å². The summed E-state index contributed by atoms with van der Waals surface area (Å²) in [6.07, 6.45) is 1.70. The molecular weight excluding hydrogens is 140 g/mol. The standard InChI is InChI=1S/C8H16N2O/c1-3-9-7-4-5-8(11)10(2)6-7/h7,9H,3-6H2,1-2H3. The summed E-state index contributed by atoms with van der Waals surface area (Å²) in [4.78, 5) is 12.8. The molecule has 1 aliphatic heterocycles. The maximum Gasteiger partial charge on any atom is 0.222 e. The average Bonchev–Trinajstić information content (AvgIpc) is 1.98. The second-order valence-electron chi connectivity index (χ2n) is 3.07. The van der Waals surface area contributed by atoms with E-state index in [-0.39, 0.29) is 5.91 Å². The molecule has 1 rings (SSSR count). The van der Waals surface area contributed by atoms with Crippen LogP contribution >= 0.6 is 0 Å². The van der Waals surface area contributed by atoms with Crippen molar-refractivity contribution in [1.82, 2.24) is 10.2 Å². The first-order valence-electron chi connectivity index (χ1n) is 4.21. The van der Waals surface area contributed by atoms with Gasteiger partial charge in [0, 0.05) is 26.1 Å². The van der Waals surface area contributed by atoms with Crippen LogP contribution in [0.25, 0.3) is 0 Å². The number of piperidine rings is 1. The molecule has 11 heavy (non-hydrogen) atoms. The topological polar surface area (TPSA) is 32.3 Å². The minimum atomic E-state index is 0.277. The lowest BCUT2D eigenvalue weighted by molar-refractivity contribution is -0.132. The van der Waals surface area contributed by atoms with Crippen LogP contribution in [0.15, 0.2) is 0 Å². The number of carbonyl (C=O) groups excluding carboxylic acids is 1. The van der Waals surface area contributed by atoms with Gasteiger partial charge in [0.05, 0.1) is 0 Å². The Labute approximate surface area is 67.8 Å². The maximum atomic E-state index is 11.0. The number of hydrogen-bond acceptors (Lipinski definition) is 2. The predicted octanol–water partition coefficient (Wildman–Crippen LogP) is 0.217. The molecule has 3 heteroatoms. The van der Waals surface area contributed by atoms with Crippen LogP contribution in [0.1, 0.15) is 19.8 Å². The zero-order valence-corrected chi connectivity index (χ0v) is 7.26. The number of likely N-dealkylation sites (N-methyl/N-ethyl adjacent to an activating group) is 2. The lowest BCUT2D eigenvalue weighted by Gasteiger charge is -2.29. The van der Waals surface area contributed by atoms with Gasteiger partial charge in [0.25, 0.3) is 0 Å². The van der Waals surface area contributed by atoms with Crippen molar-refractivity contribution in [2.45, 2.75) is 25.8 Å². The zero-order chi connectivity index (χ0) is 8.27. The lowest BCUT2D eigenvalue weighted by Crippen LogP contribution is -2.46. The Morgan fingerprint density at radius 1 is 1.73 bits per heavy atom. The van der Waals surface area contributed by atoms with E-state index >= 15 is 0 Å². The van der Waals surface area contributed by atoms with Crippen molar-refractivity contribution in [3.63, 3.8) is 0 Å². The quantitative estimate of drug-likeness (QED) is 0.620. The third-order valence-corrected chi connectivity index (χ3v) is 2.12. The van der Waals surface area contributed by atoms with Crippen LogP contribution in [-0.4, -0.2) is 37.0 Å². The van der Waals surface area contributed by atoms with Crippen molar-refractivity contribution < 1.29 is 4.79 Å². The molecule has 3 nitrogen and oxygen atoms in total. The molecule has 1 amide bonds. The maximum absolute atomic E-state index is 11.0. The Hall–Kier alpha value is -0.570. The summed E-state index contributed by atoms with van der Waals surface area (Å²) >= 11 is 0. The fourth-order valence-electron chi connectivity index (χ4n) is 1.47. The van der Waals surface area contributed by atoms with E-state index in [0.29, 0.717) is 12.5 Å². The van der Waals surface area contributed by atoms with Gasteiger partial charge >= 0.3 is 0 Å². The highest BCUT2D eigenvalue weighted by molar-refractivity contribution is 5.76. The Morgan fingerprint density at radius 3 is 3.00 bits per heavy atom. The first-order valence-corrected chi connectivity index (χ1v) is 4.21. The molecule has 1 aliphatic rings. The Morgan fingerprint density at radius 2 is 2.45 bits per heavy atom. The van der Waals surface area contributed by atoms with E-state index in [0.717, 1.165) is 19.5 Å². The van der Waals surface area contributed by atoms with Crippen molar-refractivity contribution in [3.8, 4) is 0 Å². The third-order valence-electron chi connectivity index (χ3n) is 2.12. The highest BCUT2D eigenvalue weighted by atomic mass is 16.2. The van der Waals surface area contributed by atoms with Gasteiger partial charge in [-0.3, -0.25) is 4.79 Å². The van der Waals surface area contributed by atoms with Crippen molar-refractivity contribution in [3.05, 3.63) is 0 Å². The largest absolute Gasteiger partial charge is 0.344 e. The molecule has 0 aromatic heterocycles. The SMILES string of the molecule is CCNC1CCC(=O)N(C)C1. The smallest absolute Gasteiger partial charge is 0.222 e. The van der Waals surface area contributed by atoms with Crippen molar-refractivity contribution >= 4 is 5.91 Å². The Bertz CT molecular complexity index is 147. The van der Waals surface area contributed by atoms with Gasteiger partial charge in [0.2, 0.25) is 5.91 Å². The van der Waals surface area contributed by atoms with Crippen LogP contribution in [0.4, 0.5) is 0 Å². The Kier molecular flexibility index (Phi) is 2.88. The summed E-state index contributed by atoms with van der Waals surface area (Å²) < 4.78 is 0. The average molecular weight is 156 g/mol. The van der Waals surface area contributed by atoms with E-state index in [9.17, 15) is 4.79 Å². The molecule has 1 atom stereocenters. The fraction of sp³-hybridized carbons (Fsp3) is 0.875. The molecule has 0 bridgehead atoms. The summed E-state index contributed by atoms with van der Waals surface area (Å²) in [6.45, 7) is 3.95. The molecule has 0 spiro atoms. The summed E-state index contributed by atoms with van der Waals surface area (Å²) in [5, 5.41) is 3.34. The molecule has 1 saturated heterocycles. The summed E-state index contributed by atoms with van der Waals surface area (Å²) in [5.74, 6) is 0.277. The predicted molar refractivity (Wildman–Crippen MR) is 44.3 cm³/mol. The van der Waals surface area contributed by atoms with E-state index in [1.165, 1.54) is 0 Å². The molecule has 1 N–H and O–H groups in total. The number of nitrogens with one attached hydrogen (secondary N) is 1. The summed E-state index contributed by atoms with van der Waals surface area (Å²) in [7, 11) is 1.87. The van der Waals surface area contributed by atoms with E-state index in [1.54, 1.807) is 4.90 Å². The second kappa shape index (κ2) is 3.72. The van der Waals surface area contributed by atoms with Crippen molar-refractivity contribution in [2.24, 2.45) is 0 Å². The molecule has 1 heterocycles. The van der Waals surface area contributed by atoms with Crippen LogP contribution in [0, 0.1) is 0 Å². The fourth-order valence-corrected chi connectivity index (χ4v) is 1.47. The van der Waals surface area contributed by atoms with Crippen molar-refractivity contribution in [2.75, 3.05) is 20.1 Å². The van der Waals surface area contributed by atoms with Crippen LogP contribution in [0.3, 0.4) is 0 Å². The number of rotatable bonds is 2. The molecule has 0 aromatic rings. The van der Waals surface area contributed by atoms with Gasteiger partial charge in [-0.25, -0.2) is 0 Å². The van der Waals surface area contributed by atoms with E-state index < -0.39 is 0 Å². The van der Waals surface area contributed by atoms with Gasteiger partial charge in [-0.1, -0.05) is 6.92 Å². The minimum Gasteiger partial charge on any atom is -0.344 e. The second-order valence-corrected chi connectivity index (χ2v) is 3.07. The van der Waals surface area contributed by atoms with E-state index in [1.807, 2.05) is 7.05 Å². The monoisotopic (exact) mass is 156 g/mol. The molecule has 1 fully saturated rings. The van der Waals surface area contributed by atoms with Gasteiger partial charge < -0.3 is 10.2 Å². The number of likely N-dealkylation sites (tertiary alicyclic amines) is 1. The van der Waals surface area contributed by atoms with Crippen LogP contribution in [0.2, 0.25) is 0 Å². The first-order chi connectivity index (χ1) is 5.24. The van der Waals surface area contributed by atoms with E-state index in [2.05, 4.69) is 12.2 Å². The summed E-state index contributed by atoms with van der Waals surface area (Å²) in [6, 6.07) is 0.516. The lowest BCUT2D eigenvalue weighted by atomic mass is 10.1. The van der Waals surface area contributed by atoms with Crippen LogP contribution in [-0.2, 0) is 4.79 Å². The highest BCUT2D eigenvalue weighted by Gasteiger charge is 2.21. The molecule has 0 aliphatic carbocycles. The molecule has 0 aromatic carbocycles. The number of hydrogen-bond donors (Lipinski definition) is 1. The number of nitrogens with zero attached hydrogens (tertiary/aromatic N) is 1. The third kappa shape index (κ3) is 2.19. The molecular formula is C8H16N2O. The minimum absolute atomic E-state index is 0.277.